The summed E-state index contributed by atoms with van der Waals surface area (Å²) in [5, 5.41) is 13.8. The van der Waals surface area contributed by atoms with E-state index in [0.29, 0.717) is 11.7 Å². The molecule has 1 saturated heterocycles. The summed E-state index contributed by atoms with van der Waals surface area (Å²) in [7, 11) is 0. The molecule has 3 aromatic rings. The van der Waals surface area contributed by atoms with Crippen molar-refractivity contribution in [3.05, 3.63) is 81.9 Å². The van der Waals surface area contributed by atoms with Gasteiger partial charge in [-0.25, -0.2) is 4.98 Å². The molecule has 6 heteroatoms. The molecule has 0 bridgehead atoms. The van der Waals surface area contributed by atoms with Gasteiger partial charge in [-0.3, -0.25) is 9.69 Å². The minimum Gasteiger partial charge on any atom is -0.392 e. The molecule has 2 N–H and O–H groups in total. The smallest absolute Gasteiger partial charge is 0.236 e. The van der Waals surface area contributed by atoms with Crippen LogP contribution in [-0.2, 0) is 10.2 Å². The zero-order valence-corrected chi connectivity index (χ0v) is 19.4. The summed E-state index contributed by atoms with van der Waals surface area (Å²) in [6.45, 7) is 5.68. The first-order chi connectivity index (χ1) is 15.5. The molecule has 0 spiro atoms. The largest absolute Gasteiger partial charge is 0.392 e. The van der Waals surface area contributed by atoms with Gasteiger partial charge in [-0.1, -0.05) is 59.9 Å². The summed E-state index contributed by atoms with van der Waals surface area (Å²) in [6, 6.07) is 16.7. The van der Waals surface area contributed by atoms with Crippen molar-refractivity contribution in [2.45, 2.75) is 50.7 Å². The summed E-state index contributed by atoms with van der Waals surface area (Å²) in [4.78, 5) is 21.2. The Hall–Kier alpha value is -2.54. The first kappa shape index (κ1) is 21.3. The molecule has 2 aromatic carbocycles. The third-order valence-corrected chi connectivity index (χ3v) is 7.90. The number of likely N-dealkylation sites (tertiary alicyclic amines) is 1. The molecular weight excluding hydrogens is 418 g/mol. The number of nitrogens with zero attached hydrogens (tertiary/aromatic N) is 2. The summed E-state index contributed by atoms with van der Waals surface area (Å²) in [5.74, 6) is 0.0366. The lowest BCUT2D eigenvalue weighted by atomic mass is 9.92. The number of carbonyl (C=O) groups excluding carboxylic acids is 1. The third kappa shape index (κ3) is 3.98. The summed E-state index contributed by atoms with van der Waals surface area (Å²) < 4.78 is 0. The molecule has 166 valence electrons. The van der Waals surface area contributed by atoms with Crippen LogP contribution in [0.2, 0.25) is 0 Å². The van der Waals surface area contributed by atoms with Crippen molar-refractivity contribution < 1.29 is 9.90 Å². The molecule has 5 nitrogen and oxygen atoms in total. The second kappa shape index (κ2) is 8.43. The maximum absolute atomic E-state index is 13.3. The number of aliphatic hydroxyl groups excluding tert-OH is 1. The van der Waals surface area contributed by atoms with Crippen molar-refractivity contribution in [2.24, 2.45) is 0 Å². The first-order valence-electron chi connectivity index (χ1n) is 11.3. The topological polar surface area (TPSA) is 65.5 Å². The van der Waals surface area contributed by atoms with Crippen LogP contribution in [0.15, 0.2) is 54.7 Å². The number of β-amino-alcohol motifs (C(OH)–C–C–N with tert-alkyl or cyclic N) is 1. The summed E-state index contributed by atoms with van der Waals surface area (Å²) in [6.07, 6.45) is 4.11. The number of amides is 1. The molecule has 2 aliphatic rings. The van der Waals surface area contributed by atoms with Gasteiger partial charge in [0.25, 0.3) is 0 Å². The van der Waals surface area contributed by atoms with Crippen molar-refractivity contribution in [3.8, 4) is 0 Å². The zero-order valence-electron chi connectivity index (χ0n) is 18.5. The number of aryl methyl sites for hydroxylation is 2. The van der Waals surface area contributed by atoms with E-state index in [1.54, 1.807) is 0 Å². The van der Waals surface area contributed by atoms with Crippen molar-refractivity contribution in [1.82, 2.24) is 9.88 Å². The molecule has 1 aliphatic heterocycles. The molecule has 1 saturated carbocycles. The monoisotopic (exact) mass is 447 g/mol. The maximum Gasteiger partial charge on any atom is 0.236 e. The van der Waals surface area contributed by atoms with E-state index in [0.717, 1.165) is 36.2 Å². The van der Waals surface area contributed by atoms with Crippen LogP contribution in [0.3, 0.4) is 0 Å². The maximum atomic E-state index is 13.3. The van der Waals surface area contributed by atoms with Crippen LogP contribution in [0.25, 0.3) is 0 Å². The number of hydrogen-bond acceptors (Lipinski definition) is 5. The Morgan fingerprint density at radius 1 is 1.19 bits per heavy atom. The van der Waals surface area contributed by atoms with Gasteiger partial charge in [0.1, 0.15) is 0 Å². The molecule has 2 heterocycles. The van der Waals surface area contributed by atoms with Crippen molar-refractivity contribution >= 4 is 22.4 Å². The van der Waals surface area contributed by atoms with E-state index in [1.165, 1.54) is 28.0 Å². The molecule has 0 radical (unpaired) electrons. The quantitative estimate of drug-likeness (QED) is 0.580. The fourth-order valence-electron chi connectivity index (χ4n) is 4.69. The van der Waals surface area contributed by atoms with E-state index in [9.17, 15) is 9.90 Å². The Bertz CT molecular complexity index is 1120. The number of nitrogens with one attached hydrogen (secondary N) is 1. The van der Waals surface area contributed by atoms with Gasteiger partial charge in [-0.2, -0.15) is 0 Å². The van der Waals surface area contributed by atoms with Crippen LogP contribution in [0.5, 0.6) is 0 Å². The van der Waals surface area contributed by atoms with E-state index >= 15 is 0 Å². The molecule has 5 rings (SSSR count). The average Bonchev–Trinajstić information content (AvgIpc) is 3.31. The van der Waals surface area contributed by atoms with Gasteiger partial charge in [-0.05, 0) is 55.4 Å². The Kier molecular flexibility index (Phi) is 5.61. The fraction of sp³-hybridized carbons (Fsp3) is 0.385. The second-order valence-corrected chi connectivity index (χ2v) is 10.2. The van der Waals surface area contributed by atoms with E-state index in [4.69, 9.17) is 0 Å². The van der Waals surface area contributed by atoms with E-state index in [2.05, 4.69) is 59.4 Å². The fourth-order valence-corrected chi connectivity index (χ4v) is 5.67. The normalized spacial score (nSPS) is 20.8. The van der Waals surface area contributed by atoms with Gasteiger partial charge in [0, 0.05) is 24.2 Å². The van der Waals surface area contributed by atoms with E-state index < -0.39 is 5.41 Å². The minimum atomic E-state index is -0.428. The first-order valence-corrected chi connectivity index (χ1v) is 12.1. The number of aliphatic hydroxyl groups is 1. The van der Waals surface area contributed by atoms with Crippen molar-refractivity contribution in [3.63, 3.8) is 0 Å². The highest BCUT2D eigenvalue weighted by Gasteiger charge is 2.51. The SMILES string of the molecule is Cc1ccc(C2(C(=O)Nc3ncc([C@H](c4ccccc4)N4CC[C@@H](O)C4)s3)CC2)cc1C. The highest BCUT2D eigenvalue weighted by atomic mass is 32.1. The molecule has 2 atom stereocenters. The van der Waals surface area contributed by atoms with Gasteiger partial charge in [0.05, 0.1) is 17.6 Å². The number of anilines is 1. The molecule has 32 heavy (non-hydrogen) atoms. The van der Waals surface area contributed by atoms with Crippen LogP contribution in [0.4, 0.5) is 5.13 Å². The molecule has 1 aliphatic carbocycles. The number of carbonyl (C=O) groups is 1. The Morgan fingerprint density at radius 3 is 2.62 bits per heavy atom. The van der Waals surface area contributed by atoms with E-state index in [1.807, 2.05) is 24.4 Å². The third-order valence-electron chi connectivity index (χ3n) is 6.93. The number of thiazole rings is 1. The number of hydrogen-bond donors (Lipinski definition) is 2. The van der Waals surface area contributed by atoms with Gasteiger partial charge < -0.3 is 10.4 Å². The predicted molar refractivity (Wildman–Crippen MR) is 128 cm³/mol. The van der Waals surface area contributed by atoms with Gasteiger partial charge in [0.2, 0.25) is 5.91 Å². The van der Waals surface area contributed by atoms with Crippen molar-refractivity contribution in [2.75, 3.05) is 18.4 Å². The molecular formula is C26H29N3O2S. The number of rotatable bonds is 6. The Labute approximate surface area is 193 Å². The van der Waals surface area contributed by atoms with E-state index in [-0.39, 0.29) is 18.1 Å². The van der Waals surface area contributed by atoms with Crippen LogP contribution < -0.4 is 5.32 Å². The van der Waals surface area contributed by atoms with Gasteiger partial charge >= 0.3 is 0 Å². The van der Waals surface area contributed by atoms with Gasteiger partial charge in [0.15, 0.2) is 5.13 Å². The van der Waals surface area contributed by atoms with Crippen LogP contribution in [0, 0.1) is 13.8 Å². The lowest BCUT2D eigenvalue weighted by Gasteiger charge is -2.26. The summed E-state index contributed by atoms with van der Waals surface area (Å²) in [5.41, 5.74) is 4.31. The number of benzene rings is 2. The highest BCUT2D eigenvalue weighted by Crippen LogP contribution is 2.49. The summed E-state index contributed by atoms with van der Waals surface area (Å²) >= 11 is 1.53. The van der Waals surface area contributed by atoms with Crippen LogP contribution in [0.1, 0.15) is 52.4 Å². The van der Waals surface area contributed by atoms with Crippen molar-refractivity contribution in [1.29, 1.82) is 0 Å². The molecule has 1 aromatic heterocycles. The predicted octanol–water partition coefficient (Wildman–Crippen LogP) is 4.59. The molecule has 2 fully saturated rings. The van der Waals surface area contributed by atoms with Gasteiger partial charge in [-0.15, -0.1) is 0 Å². The standard InChI is InChI=1S/C26H29N3O2S/c1-17-8-9-20(14-18(17)2)26(11-12-26)24(31)28-25-27-15-22(32-25)23(19-6-4-3-5-7-19)29-13-10-21(30)16-29/h3-9,14-15,21,23,30H,10-13,16H2,1-2H3,(H,27,28,31)/t21-,23+/m1/s1. The Balaban J connectivity index is 1.37. The molecule has 1 amide bonds. The highest BCUT2D eigenvalue weighted by molar-refractivity contribution is 7.15. The lowest BCUT2D eigenvalue weighted by Crippen LogP contribution is -2.28. The number of aromatic nitrogens is 1. The molecule has 0 unspecified atom stereocenters. The van der Waals surface area contributed by atoms with Crippen LogP contribution in [-0.4, -0.2) is 40.1 Å². The zero-order chi connectivity index (χ0) is 22.3. The lowest BCUT2D eigenvalue weighted by molar-refractivity contribution is -0.118. The minimum absolute atomic E-state index is 0.0335. The average molecular weight is 448 g/mol. The second-order valence-electron chi connectivity index (χ2n) is 9.15. The van der Waals surface area contributed by atoms with Crippen LogP contribution >= 0.6 is 11.3 Å². The Morgan fingerprint density at radius 2 is 1.97 bits per heavy atom.